The van der Waals surface area contributed by atoms with Crippen LogP contribution >= 0.6 is 11.3 Å². The molecule has 0 aliphatic carbocycles. The molecule has 0 unspecified atom stereocenters. The molecular weight excluding hydrogens is 448 g/mol. The molecule has 0 fully saturated rings. The zero-order chi connectivity index (χ0) is 23.1. The Bertz CT molecular complexity index is 1530. The Hall–Kier alpha value is -4.18. The van der Waals surface area contributed by atoms with Gasteiger partial charge in [0.25, 0.3) is 6.20 Å². The fourth-order valence-electron chi connectivity index (χ4n) is 3.47. The van der Waals surface area contributed by atoms with E-state index in [1.165, 1.54) is 23.0 Å². The maximum Gasteiger partial charge on any atom is 0.320 e. The monoisotopic (exact) mass is 463 g/mol. The van der Waals surface area contributed by atoms with Crippen LogP contribution in [0, 0.1) is 11.6 Å². The standard InChI is InChI=1S/C23H15F2N5O2S/c1-30-11-18(32-29-30)28-22(31)21-20(26)19-15(14-8-7-13(24)9-16(14)25)10-17(27-23(19)33-21)12-5-3-2-4-6-12/h2-11H,1H3,(H2-,26,28,29,31). The summed E-state index contributed by atoms with van der Waals surface area (Å²) in [7, 11) is 1.62. The number of aryl methyl sites for hydroxylation is 1. The third kappa shape index (κ3) is 3.80. The number of nitrogens with two attached hydrogens (primary N) is 1. The van der Waals surface area contributed by atoms with Crippen molar-refractivity contribution in [3.8, 4) is 22.4 Å². The first-order valence-corrected chi connectivity index (χ1v) is 10.5. The second-order valence-electron chi connectivity index (χ2n) is 7.20. The molecule has 10 heteroatoms. The Balaban J connectivity index is 1.77. The molecule has 0 amide bonds. The summed E-state index contributed by atoms with van der Waals surface area (Å²) in [6.45, 7) is 0. The first-order valence-electron chi connectivity index (χ1n) is 9.73. The Morgan fingerprint density at radius 2 is 1.91 bits per heavy atom. The van der Waals surface area contributed by atoms with Crippen molar-refractivity contribution in [1.29, 1.82) is 0 Å². The van der Waals surface area contributed by atoms with Crippen LogP contribution in [0.3, 0.4) is 0 Å². The van der Waals surface area contributed by atoms with Gasteiger partial charge < -0.3 is 10.8 Å². The van der Waals surface area contributed by atoms with Crippen LogP contribution in [0.5, 0.6) is 0 Å². The molecular formula is C23H15F2N5O2S. The number of halogens is 2. The second kappa shape index (κ2) is 8.06. The van der Waals surface area contributed by atoms with Crippen molar-refractivity contribution in [1.82, 2.24) is 10.3 Å². The lowest BCUT2D eigenvalue weighted by Crippen LogP contribution is -2.27. The van der Waals surface area contributed by atoms with Gasteiger partial charge in [-0.15, -0.1) is 11.3 Å². The third-order valence-electron chi connectivity index (χ3n) is 4.96. The molecule has 3 aromatic heterocycles. The van der Waals surface area contributed by atoms with Crippen molar-refractivity contribution in [3.05, 3.63) is 77.3 Å². The van der Waals surface area contributed by atoms with Crippen molar-refractivity contribution in [2.24, 2.45) is 12.0 Å². The summed E-state index contributed by atoms with van der Waals surface area (Å²) in [4.78, 5) is 9.13. The van der Waals surface area contributed by atoms with Crippen molar-refractivity contribution < 1.29 is 23.1 Å². The number of aromatic nitrogens is 3. The minimum atomic E-state index is -0.751. The smallest absolute Gasteiger partial charge is 0.320 e. The number of pyridine rings is 1. The molecule has 0 radical (unpaired) electrons. The number of aliphatic imine (C=N–C) groups is 1. The molecule has 0 saturated heterocycles. The first-order chi connectivity index (χ1) is 15.9. The second-order valence-corrected chi connectivity index (χ2v) is 8.20. The molecule has 2 N–H and O–H groups in total. The van der Waals surface area contributed by atoms with Crippen molar-refractivity contribution in [3.63, 3.8) is 0 Å². The highest BCUT2D eigenvalue weighted by atomic mass is 32.1. The zero-order valence-electron chi connectivity index (χ0n) is 17.1. The number of benzene rings is 2. The fraction of sp³-hybridized carbons (Fsp3) is 0.0435. The molecule has 0 atom stereocenters. The van der Waals surface area contributed by atoms with E-state index in [0.29, 0.717) is 21.5 Å². The summed E-state index contributed by atoms with van der Waals surface area (Å²) in [5.41, 5.74) is 8.35. The van der Waals surface area contributed by atoms with Gasteiger partial charge in [-0.2, -0.15) is 0 Å². The van der Waals surface area contributed by atoms with E-state index in [2.05, 4.69) is 15.2 Å². The maximum atomic E-state index is 14.8. The summed E-state index contributed by atoms with van der Waals surface area (Å²) in [5.74, 6) is -2.07. The van der Waals surface area contributed by atoms with Gasteiger partial charge in [-0.25, -0.2) is 18.8 Å². The lowest BCUT2D eigenvalue weighted by molar-refractivity contribution is -0.739. The van der Waals surface area contributed by atoms with Gasteiger partial charge in [-0.1, -0.05) is 35.0 Å². The zero-order valence-corrected chi connectivity index (χ0v) is 17.9. The van der Waals surface area contributed by atoms with E-state index in [1.807, 2.05) is 30.3 Å². The maximum absolute atomic E-state index is 14.8. The molecule has 0 saturated carbocycles. The number of nitrogen functional groups attached to an aromatic ring is 1. The lowest BCUT2D eigenvalue weighted by Gasteiger charge is -2.10. The molecule has 3 heterocycles. The molecule has 7 nitrogen and oxygen atoms in total. The van der Waals surface area contributed by atoms with Crippen LogP contribution in [0.1, 0.15) is 4.88 Å². The van der Waals surface area contributed by atoms with Crippen LogP contribution in [0.4, 0.5) is 20.4 Å². The highest BCUT2D eigenvalue weighted by molar-refractivity contribution is 7.21. The van der Waals surface area contributed by atoms with Crippen LogP contribution in [0.2, 0.25) is 0 Å². The molecule has 0 bridgehead atoms. The molecule has 33 heavy (non-hydrogen) atoms. The van der Waals surface area contributed by atoms with Gasteiger partial charge in [-0.3, -0.25) is 4.52 Å². The van der Waals surface area contributed by atoms with Crippen LogP contribution < -0.4 is 15.5 Å². The predicted octanol–water partition coefficient (Wildman–Crippen LogP) is 3.74. The van der Waals surface area contributed by atoms with E-state index in [-0.39, 0.29) is 22.0 Å². The van der Waals surface area contributed by atoms with Gasteiger partial charge in [0.1, 0.15) is 16.5 Å². The fourth-order valence-corrected chi connectivity index (χ4v) is 4.47. The molecule has 5 aromatic rings. The summed E-state index contributed by atoms with van der Waals surface area (Å²) in [6.07, 6.45) is 1.44. The quantitative estimate of drug-likeness (QED) is 0.248. The van der Waals surface area contributed by atoms with E-state index >= 15 is 0 Å². The van der Waals surface area contributed by atoms with Crippen molar-refractivity contribution in [2.75, 3.05) is 5.73 Å². The van der Waals surface area contributed by atoms with Crippen LogP contribution in [-0.2, 0) is 7.05 Å². The van der Waals surface area contributed by atoms with E-state index in [9.17, 15) is 13.9 Å². The number of fused-ring (bicyclic) bond motifs is 1. The number of hydrogen-bond acceptors (Lipinski definition) is 7. The van der Waals surface area contributed by atoms with E-state index in [1.54, 1.807) is 13.1 Å². The Morgan fingerprint density at radius 3 is 2.61 bits per heavy atom. The molecule has 0 spiro atoms. The van der Waals surface area contributed by atoms with Gasteiger partial charge in [-0.05, 0) is 23.8 Å². The molecule has 5 rings (SSSR count). The predicted molar refractivity (Wildman–Crippen MR) is 119 cm³/mol. The molecule has 164 valence electrons. The molecule has 2 aromatic carbocycles. The van der Waals surface area contributed by atoms with Crippen LogP contribution in [0.15, 0.2) is 70.3 Å². The average molecular weight is 463 g/mol. The number of hydrogen-bond donors (Lipinski definition) is 1. The Kier molecular flexibility index (Phi) is 5.06. The molecule has 0 aliphatic heterocycles. The summed E-state index contributed by atoms with van der Waals surface area (Å²) >= 11 is 1.04. The number of thiophene rings is 1. The van der Waals surface area contributed by atoms with Gasteiger partial charge in [0.2, 0.25) is 0 Å². The van der Waals surface area contributed by atoms with E-state index in [0.717, 1.165) is 23.0 Å². The topological polar surface area (TPSA) is 104 Å². The number of nitrogens with zero attached hydrogens (tertiary/aromatic N) is 4. The number of anilines is 1. The minimum Gasteiger partial charge on any atom is -0.857 e. The lowest BCUT2D eigenvalue weighted by atomic mass is 9.99. The summed E-state index contributed by atoms with van der Waals surface area (Å²) in [5, 5.41) is 16.9. The van der Waals surface area contributed by atoms with Crippen molar-refractivity contribution in [2.45, 2.75) is 0 Å². The largest absolute Gasteiger partial charge is 0.857 e. The number of rotatable bonds is 4. The SMILES string of the molecule is C[n+]1cc(/N=C(\[O-])c2sc3nc(-c4ccccc4)cc(-c4ccc(F)cc4F)c3c2N)on1. The summed E-state index contributed by atoms with van der Waals surface area (Å²) in [6, 6.07) is 14.3. The van der Waals surface area contributed by atoms with Gasteiger partial charge in [0.15, 0.2) is 12.3 Å². The van der Waals surface area contributed by atoms with E-state index in [4.69, 9.17) is 10.3 Å². The highest BCUT2D eigenvalue weighted by Crippen LogP contribution is 2.42. The van der Waals surface area contributed by atoms with Gasteiger partial charge in [0, 0.05) is 28.5 Å². The Morgan fingerprint density at radius 1 is 1.12 bits per heavy atom. The summed E-state index contributed by atoms with van der Waals surface area (Å²) < 4.78 is 34.7. The highest BCUT2D eigenvalue weighted by Gasteiger charge is 2.20. The van der Waals surface area contributed by atoms with Crippen LogP contribution in [-0.4, -0.2) is 16.2 Å². The first kappa shape index (κ1) is 20.7. The van der Waals surface area contributed by atoms with Crippen LogP contribution in [0.25, 0.3) is 32.6 Å². The minimum absolute atomic E-state index is 0.0158. The average Bonchev–Trinajstić information content (AvgIpc) is 3.36. The normalized spacial score (nSPS) is 11.9. The van der Waals surface area contributed by atoms with E-state index < -0.39 is 17.5 Å². The van der Waals surface area contributed by atoms with Crippen molar-refractivity contribution >= 4 is 39.0 Å². The Labute approximate surface area is 190 Å². The molecule has 0 aliphatic rings. The van der Waals surface area contributed by atoms with Gasteiger partial charge in [0.05, 0.1) is 16.3 Å². The third-order valence-corrected chi connectivity index (χ3v) is 6.04. The van der Waals surface area contributed by atoms with Gasteiger partial charge >= 0.3 is 5.88 Å².